The minimum absolute atomic E-state index is 0.0917. The Balaban J connectivity index is 2.25. The zero-order valence-corrected chi connectivity index (χ0v) is 8.07. The molecular weight excluding hydrogens is 208 g/mol. The molecule has 1 aromatic heterocycles. The van der Waals surface area contributed by atoms with E-state index in [1.807, 2.05) is 0 Å². The van der Waals surface area contributed by atoms with Gasteiger partial charge in [-0.15, -0.1) is 0 Å². The molecule has 0 aliphatic rings. The number of nitrogens with zero attached hydrogens (tertiary/aromatic N) is 2. The monoisotopic (exact) mass is 216 g/mol. The van der Waals surface area contributed by atoms with Gasteiger partial charge in [-0.05, 0) is 18.0 Å². The minimum atomic E-state index is -0.832. The van der Waals surface area contributed by atoms with Gasteiger partial charge in [0.2, 0.25) is 5.28 Å². The summed E-state index contributed by atoms with van der Waals surface area (Å²) in [6.45, 7) is 0.331. The molecule has 76 valence electrons. The summed E-state index contributed by atoms with van der Waals surface area (Å²) in [5.74, 6) is -0.347. The van der Waals surface area contributed by atoms with E-state index >= 15 is 0 Å². The summed E-state index contributed by atoms with van der Waals surface area (Å²) in [6, 6.07) is 0. The first-order valence-corrected chi connectivity index (χ1v) is 4.38. The Morgan fingerprint density at radius 2 is 2.14 bits per heavy atom. The van der Waals surface area contributed by atoms with Gasteiger partial charge in [0.05, 0.1) is 19.0 Å². The average Bonchev–Trinajstić information content (AvgIpc) is 2.15. The van der Waals surface area contributed by atoms with Crippen molar-refractivity contribution in [2.45, 2.75) is 12.8 Å². The van der Waals surface area contributed by atoms with Crippen LogP contribution in [0.3, 0.4) is 0 Å². The third-order valence-corrected chi connectivity index (χ3v) is 1.60. The zero-order chi connectivity index (χ0) is 10.4. The first kappa shape index (κ1) is 10.7. The van der Waals surface area contributed by atoms with Gasteiger partial charge in [-0.3, -0.25) is 4.79 Å². The number of hydrogen-bond acceptors (Lipinski definition) is 4. The first-order chi connectivity index (χ1) is 6.68. The van der Waals surface area contributed by atoms with Crippen molar-refractivity contribution in [2.24, 2.45) is 0 Å². The number of carboxylic acid groups (broad SMARTS) is 1. The zero-order valence-electron chi connectivity index (χ0n) is 7.31. The Labute approximate surface area is 85.7 Å². The predicted molar refractivity (Wildman–Crippen MR) is 49.4 cm³/mol. The van der Waals surface area contributed by atoms with Crippen molar-refractivity contribution < 1.29 is 14.6 Å². The number of hydrogen-bond donors (Lipinski definition) is 1. The summed E-state index contributed by atoms with van der Waals surface area (Å²) in [5, 5.41) is 8.50. The van der Waals surface area contributed by atoms with E-state index < -0.39 is 5.97 Å². The highest BCUT2D eigenvalue weighted by Crippen LogP contribution is 2.08. The number of halogens is 1. The Kier molecular flexibility index (Phi) is 4.12. The minimum Gasteiger partial charge on any atom is -0.490 e. The normalized spacial score (nSPS) is 9.79. The smallest absolute Gasteiger partial charge is 0.303 e. The Morgan fingerprint density at radius 1 is 1.50 bits per heavy atom. The van der Waals surface area contributed by atoms with Crippen LogP contribution in [0.5, 0.6) is 5.75 Å². The third kappa shape index (κ3) is 4.04. The van der Waals surface area contributed by atoms with Crippen LogP contribution < -0.4 is 4.74 Å². The van der Waals surface area contributed by atoms with E-state index in [-0.39, 0.29) is 11.7 Å². The summed E-state index contributed by atoms with van der Waals surface area (Å²) < 4.78 is 5.16. The highest BCUT2D eigenvalue weighted by molar-refractivity contribution is 6.28. The van der Waals surface area contributed by atoms with Crippen molar-refractivity contribution in [1.82, 2.24) is 9.97 Å². The van der Waals surface area contributed by atoms with Gasteiger partial charge >= 0.3 is 5.97 Å². The Hall–Kier alpha value is -1.36. The Morgan fingerprint density at radius 3 is 2.71 bits per heavy atom. The molecule has 14 heavy (non-hydrogen) atoms. The molecule has 0 unspecified atom stereocenters. The molecular formula is C8H9ClN2O3. The molecule has 0 atom stereocenters. The highest BCUT2D eigenvalue weighted by atomic mass is 35.5. The van der Waals surface area contributed by atoms with Gasteiger partial charge in [-0.1, -0.05) is 0 Å². The third-order valence-electron chi connectivity index (χ3n) is 1.40. The summed E-state index contributed by atoms with van der Waals surface area (Å²) in [4.78, 5) is 17.6. The van der Waals surface area contributed by atoms with Crippen LogP contribution in [0.1, 0.15) is 12.8 Å². The molecule has 0 saturated carbocycles. The predicted octanol–water partition coefficient (Wildman–Crippen LogP) is 1.37. The van der Waals surface area contributed by atoms with Crippen molar-refractivity contribution in [3.05, 3.63) is 17.7 Å². The van der Waals surface area contributed by atoms with Crippen LogP contribution in [0, 0.1) is 0 Å². The van der Waals surface area contributed by atoms with E-state index in [1.54, 1.807) is 0 Å². The molecule has 0 aliphatic heterocycles. The molecule has 6 heteroatoms. The lowest BCUT2D eigenvalue weighted by molar-refractivity contribution is -0.137. The van der Waals surface area contributed by atoms with Crippen molar-refractivity contribution in [3.8, 4) is 5.75 Å². The summed E-state index contributed by atoms with van der Waals surface area (Å²) in [6.07, 6.45) is 3.43. The van der Waals surface area contributed by atoms with Gasteiger partial charge in [-0.2, -0.15) is 0 Å². The largest absolute Gasteiger partial charge is 0.490 e. The number of ether oxygens (including phenoxy) is 1. The number of aromatic nitrogens is 2. The SMILES string of the molecule is O=C(O)CCCOc1cnc(Cl)nc1. The maximum absolute atomic E-state index is 10.2. The molecule has 0 fully saturated rings. The molecule has 0 aliphatic carbocycles. The Bertz CT molecular complexity index is 302. The average molecular weight is 217 g/mol. The fourth-order valence-corrected chi connectivity index (χ4v) is 0.886. The summed E-state index contributed by atoms with van der Waals surface area (Å²) >= 11 is 5.46. The second-order valence-corrected chi connectivity index (χ2v) is 2.87. The molecule has 0 amide bonds. The lowest BCUT2D eigenvalue weighted by Gasteiger charge is -2.03. The molecule has 5 nitrogen and oxygen atoms in total. The van der Waals surface area contributed by atoms with Gasteiger partial charge in [0.15, 0.2) is 5.75 Å². The van der Waals surface area contributed by atoms with Crippen LogP contribution in [-0.4, -0.2) is 27.7 Å². The van der Waals surface area contributed by atoms with Crippen molar-refractivity contribution in [1.29, 1.82) is 0 Å². The first-order valence-electron chi connectivity index (χ1n) is 4.00. The van der Waals surface area contributed by atoms with E-state index in [2.05, 4.69) is 9.97 Å². The van der Waals surface area contributed by atoms with Gasteiger partial charge in [0.25, 0.3) is 0 Å². The quantitative estimate of drug-likeness (QED) is 0.595. The lowest BCUT2D eigenvalue weighted by Crippen LogP contribution is -2.02. The van der Waals surface area contributed by atoms with E-state index in [4.69, 9.17) is 21.4 Å². The van der Waals surface area contributed by atoms with Gasteiger partial charge < -0.3 is 9.84 Å². The number of carboxylic acids is 1. The maximum atomic E-state index is 10.2. The van der Waals surface area contributed by atoms with E-state index in [1.165, 1.54) is 12.4 Å². The molecule has 1 N–H and O–H groups in total. The molecule has 0 spiro atoms. The fraction of sp³-hybridized carbons (Fsp3) is 0.375. The van der Waals surface area contributed by atoms with Crippen LogP contribution in [0.2, 0.25) is 5.28 Å². The van der Waals surface area contributed by atoms with Gasteiger partial charge in [0, 0.05) is 6.42 Å². The topological polar surface area (TPSA) is 72.3 Å². The molecule has 0 saturated heterocycles. The molecule has 0 aromatic carbocycles. The molecule has 0 bridgehead atoms. The second kappa shape index (κ2) is 5.39. The summed E-state index contributed by atoms with van der Waals surface area (Å²) in [5.41, 5.74) is 0. The standard InChI is InChI=1S/C8H9ClN2O3/c9-8-10-4-6(5-11-8)14-3-1-2-7(12)13/h4-5H,1-3H2,(H,12,13). The van der Waals surface area contributed by atoms with E-state index in [0.29, 0.717) is 18.8 Å². The second-order valence-electron chi connectivity index (χ2n) is 2.53. The number of rotatable bonds is 5. The van der Waals surface area contributed by atoms with Gasteiger partial charge in [-0.25, -0.2) is 9.97 Å². The van der Waals surface area contributed by atoms with Gasteiger partial charge in [0.1, 0.15) is 0 Å². The fourth-order valence-electron chi connectivity index (χ4n) is 0.788. The van der Waals surface area contributed by atoms with Crippen molar-refractivity contribution >= 4 is 17.6 Å². The van der Waals surface area contributed by atoms with Crippen molar-refractivity contribution in [3.63, 3.8) is 0 Å². The van der Waals surface area contributed by atoms with Crippen LogP contribution in [-0.2, 0) is 4.79 Å². The van der Waals surface area contributed by atoms with Crippen LogP contribution in [0.15, 0.2) is 12.4 Å². The molecule has 0 radical (unpaired) electrons. The highest BCUT2D eigenvalue weighted by Gasteiger charge is 1.98. The van der Waals surface area contributed by atoms with E-state index in [0.717, 1.165) is 0 Å². The molecule has 1 heterocycles. The molecule has 1 rings (SSSR count). The van der Waals surface area contributed by atoms with E-state index in [9.17, 15) is 4.79 Å². The van der Waals surface area contributed by atoms with Crippen LogP contribution >= 0.6 is 11.6 Å². The number of carbonyl (C=O) groups is 1. The van der Waals surface area contributed by atoms with Crippen LogP contribution in [0.4, 0.5) is 0 Å². The van der Waals surface area contributed by atoms with Crippen LogP contribution in [0.25, 0.3) is 0 Å². The summed E-state index contributed by atoms with van der Waals surface area (Å²) in [7, 11) is 0. The lowest BCUT2D eigenvalue weighted by atomic mass is 10.3. The molecule has 1 aromatic rings. The maximum Gasteiger partial charge on any atom is 0.303 e. The van der Waals surface area contributed by atoms with Crippen molar-refractivity contribution in [2.75, 3.05) is 6.61 Å². The number of aliphatic carboxylic acids is 1.